The number of hydrogen-bond acceptors (Lipinski definition) is 4. The number of carbonyl (C=O) groups excluding carboxylic acids is 1. The number of nitriles is 1. The van der Waals surface area contributed by atoms with Gasteiger partial charge in [-0.15, -0.1) is 0 Å². The van der Waals surface area contributed by atoms with Crippen LogP contribution in [0.4, 0.5) is 0 Å². The summed E-state index contributed by atoms with van der Waals surface area (Å²) in [6, 6.07) is 11.5. The van der Waals surface area contributed by atoms with Crippen molar-refractivity contribution in [3.8, 4) is 6.07 Å². The van der Waals surface area contributed by atoms with Gasteiger partial charge >= 0.3 is 0 Å². The fraction of sp³-hybridized carbons (Fsp3) is 0.500. The Balaban J connectivity index is 2.10. The zero-order valence-electron chi connectivity index (χ0n) is 13.2. The lowest BCUT2D eigenvalue weighted by atomic mass is 9.97. The Kier molecular flexibility index (Phi) is 5.74. The van der Waals surface area contributed by atoms with Crippen LogP contribution in [0.2, 0.25) is 0 Å². The van der Waals surface area contributed by atoms with Gasteiger partial charge in [0.2, 0.25) is 15.9 Å². The first kappa shape index (κ1) is 17.4. The fourth-order valence-corrected chi connectivity index (χ4v) is 3.72. The van der Waals surface area contributed by atoms with E-state index in [0.717, 1.165) is 11.8 Å². The van der Waals surface area contributed by atoms with Crippen LogP contribution in [-0.4, -0.2) is 49.4 Å². The third kappa shape index (κ3) is 4.78. The molecule has 1 amide bonds. The lowest BCUT2D eigenvalue weighted by molar-refractivity contribution is -0.136. The summed E-state index contributed by atoms with van der Waals surface area (Å²) in [5.41, 5.74) is 0.951. The van der Waals surface area contributed by atoms with Crippen molar-refractivity contribution in [2.45, 2.75) is 19.4 Å². The lowest BCUT2D eigenvalue weighted by Crippen LogP contribution is -2.46. The van der Waals surface area contributed by atoms with Gasteiger partial charge in [0.25, 0.3) is 0 Å². The number of amides is 1. The van der Waals surface area contributed by atoms with E-state index in [4.69, 9.17) is 5.26 Å². The van der Waals surface area contributed by atoms with Crippen molar-refractivity contribution in [3.05, 3.63) is 35.9 Å². The van der Waals surface area contributed by atoms with Crippen molar-refractivity contribution < 1.29 is 13.2 Å². The quantitative estimate of drug-likeness (QED) is 0.758. The number of nitrogens with zero attached hydrogens (tertiary/aromatic N) is 3. The molecule has 0 aromatic heterocycles. The van der Waals surface area contributed by atoms with Crippen LogP contribution in [0.1, 0.15) is 18.4 Å². The highest BCUT2D eigenvalue weighted by molar-refractivity contribution is 7.88. The van der Waals surface area contributed by atoms with Crippen LogP contribution in [-0.2, 0) is 21.4 Å². The number of piperidine rings is 1. The molecule has 0 unspecified atom stereocenters. The second kappa shape index (κ2) is 7.57. The average molecular weight is 335 g/mol. The van der Waals surface area contributed by atoms with E-state index in [1.807, 2.05) is 36.4 Å². The molecule has 0 bridgehead atoms. The van der Waals surface area contributed by atoms with Gasteiger partial charge in [-0.05, 0) is 18.4 Å². The molecule has 0 spiro atoms. The van der Waals surface area contributed by atoms with Crippen LogP contribution in [0, 0.1) is 17.2 Å². The van der Waals surface area contributed by atoms with Crippen LogP contribution >= 0.6 is 0 Å². The summed E-state index contributed by atoms with van der Waals surface area (Å²) in [7, 11) is -3.29. The average Bonchev–Trinajstić information content (AvgIpc) is 2.54. The predicted octanol–water partition coefficient (Wildman–Crippen LogP) is 1.21. The van der Waals surface area contributed by atoms with Gasteiger partial charge in [0.15, 0.2) is 0 Å². The maximum Gasteiger partial charge on any atom is 0.228 e. The molecule has 0 radical (unpaired) electrons. The van der Waals surface area contributed by atoms with E-state index in [-0.39, 0.29) is 24.9 Å². The summed E-state index contributed by atoms with van der Waals surface area (Å²) >= 11 is 0. The summed E-state index contributed by atoms with van der Waals surface area (Å²) in [5, 5.41) is 8.99. The maximum atomic E-state index is 12.7. The largest absolute Gasteiger partial charge is 0.325 e. The van der Waals surface area contributed by atoms with Crippen molar-refractivity contribution in [1.29, 1.82) is 5.26 Å². The van der Waals surface area contributed by atoms with E-state index >= 15 is 0 Å². The second-order valence-electron chi connectivity index (χ2n) is 5.80. The van der Waals surface area contributed by atoms with Crippen LogP contribution in [0.15, 0.2) is 30.3 Å². The Morgan fingerprint density at radius 2 is 2.09 bits per heavy atom. The van der Waals surface area contributed by atoms with Gasteiger partial charge in [0.05, 0.1) is 18.2 Å². The first-order valence-electron chi connectivity index (χ1n) is 7.56. The molecule has 0 N–H and O–H groups in total. The minimum atomic E-state index is -3.29. The molecule has 7 heteroatoms. The fourth-order valence-electron chi connectivity index (χ4n) is 2.80. The molecule has 1 heterocycles. The molecular formula is C16H21N3O3S. The third-order valence-corrected chi connectivity index (χ3v) is 5.26. The number of rotatable bonds is 5. The number of carbonyl (C=O) groups is 1. The van der Waals surface area contributed by atoms with Gasteiger partial charge < -0.3 is 4.90 Å². The van der Waals surface area contributed by atoms with Gasteiger partial charge in [0, 0.05) is 19.6 Å². The van der Waals surface area contributed by atoms with Crippen molar-refractivity contribution >= 4 is 15.9 Å². The van der Waals surface area contributed by atoms with E-state index in [1.54, 1.807) is 0 Å². The Labute approximate surface area is 137 Å². The van der Waals surface area contributed by atoms with Crippen molar-refractivity contribution in [2.75, 3.05) is 25.9 Å². The highest BCUT2D eigenvalue weighted by Crippen LogP contribution is 2.21. The third-order valence-electron chi connectivity index (χ3n) is 3.99. The topological polar surface area (TPSA) is 81.5 Å². The standard InChI is InChI=1S/C16H21N3O3S/c1-23(21,22)19-10-5-8-15(13-19)16(20)18(11-9-17)12-14-6-3-2-4-7-14/h2-4,6-7,15H,5,8,10-13H2,1H3/t15-/m1/s1. The van der Waals surface area contributed by atoms with E-state index in [0.29, 0.717) is 25.9 Å². The Bertz CT molecular complexity index is 682. The molecule has 124 valence electrons. The summed E-state index contributed by atoms with van der Waals surface area (Å²) in [4.78, 5) is 14.2. The molecule has 1 aliphatic heterocycles. The Hall–Kier alpha value is -1.91. The molecule has 1 atom stereocenters. The number of sulfonamides is 1. The molecule has 0 aliphatic carbocycles. The first-order chi connectivity index (χ1) is 10.9. The number of benzene rings is 1. The zero-order valence-corrected chi connectivity index (χ0v) is 14.0. The van der Waals surface area contributed by atoms with Crippen LogP contribution < -0.4 is 0 Å². The molecule has 1 aromatic carbocycles. The van der Waals surface area contributed by atoms with Gasteiger partial charge in [-0.2, -0.15) is 5.26 Å². The van der Waals surface area contributed by atoms with Gasteiger partial charge in [-0.3, -0.25) is 4.79 Å². The highest BCUT2D eigenvalue weighted by Gasteiger charge is 2.32. The maximum absolute atomic E-state index is 12.7. The van der Waals surface area contributed by atoms with E-state index in [2.05, 4.69) is 0 Å². The van der Waals surface area contributed by atoms with E-state index < -0.39 is 10.0 Å². The minimum Gasteiger partial charge on any atom is -0.325 e. The second-order valence-corrected chi connectivity index (χ2v) is 7.78. The molecule has 23 heavy (non-hydrogen) atoms. The molecular weight excluding hydrogens is 314 g/mol. The summed E-state index contributed by atoms with van der Waals surface area (Å²) in [6.07, 6.45) is 2.48. The molecule has 6 nitrogen and oxygen atoms in total. The van der Waals surface area contributed by atoms with Crippen LogP contribution in [0.3, 0.4) is 0 Å². The van der Waals surface area contributed by atoms with Gasteiger partial charge in [0.1, 0.15) is 6.54 Å². The molecule has 1 saturated heterocycles. The molecule has 2 rings (SSSR count). The number of hydrogen-bond donors (Lipinski definition) is 0. The monoisotopic (exact) mass is 335 g/mol. The van der Waals surface area contributed by atoms with Gasteiger partial charge in [-0.1, -0.05) is 30.3 Å². The van der Waals surface area contributed by atoms with E-state index in [9.17, 15) is 13.2 Å². The van der Waals surface area contributed by atoms with E-state index in [1.165, 1.54) is 9.21 Å². The summed E-state index contributed by atoms with van der Waals surface area (Å²) in [6.45, 7) is 1.03. The molecule has 1 aromatic rings. The zero-order chi connectivity index (χ0) is 16.9. The van der Waals surface area contributed by atoms with Crippen LogP contribution in [0.5, 0.6) is 0 Å². The highest BCUT2D eigenvalue weighted by atomic mass is 32.2. The predicted molar refractivity (Wildman–Crippen MR) is 86.6 cm³/mol. The lowest BCUT2D eigenvalue weighted by Gasteiger charge is -2.33. The molecule has 1 fully saturated rings. The van der Waals surface area contributed by atoms with Crippen molar-refractivity contribution in [1.82, 2.24) is 9.21 Å². The molecule has 1 aliphatic rings. The minimum absolute atomic E-state index is 0.00308. The van der Waals surface area contributed by atoms with Crippen LogP contribution in [0.25, 0.3) is 0 Å². The Morgan fingerprint density at radius 1 is 1.39 bits per heavy atom. The van der Waals surface area contributed by atoms with Crippen molar-refractivity contribution in [2.24, 2.45) is 5.92 Å². The normalized spacial score (nSPS) is 19.0. The summed E-state index contributed by atoms with van der Waals surface area (Å²) < 4.78 is 24.7. The Morgan fingerprint density at radius 3 is 2.70 bits per heavy atom. The SMILES string of the molecule is CS(=O)(=O)N1CCC[C@@H](C(=O)N(CC#N)Cc2ccccc2)C1. The van der Waals surface area contributed by atoms with Gasteiger partial charge in [-0.25, -0.2) is 12.7 Å². The van der Waals surface area contributed by atoms with Crippen molar-refractivity contribution in [3.63, 3.8) is 0 Å². The first-order valence-corrected chi connectivity index (χ1v) is 9.41. The summed E-state index contributed by atoms with van der Waals surface area (Å²) in [5.74, 6) is -0.528. The smallest absolute Gasteiger partial charge is 0.228 e. The molecule has 0 saturated carbocycles.